The van der Waals surface area contributed by atoms with Crippen LogP contribution in [0, 0.1) is 0 Å². The molecule has 27 heavy (non-hydrogen) atoms. The van der Waals surface area contributed by atoms with Crippen LogP contribution in [-0.2, 0) is 20.6 Å². The van der Waals surface area contributed by atoms with Crippen molar-refractivity contribution in [2.75, 3.05) is 32.7 Å². The van der Waals surface area contributed by atoms with Crippen molar-refractivity contribution in [2.45, 2.75) is 13.1 Å². The van der Waals surface area contributed by atoms with Crippen molar-refractivity contribution >= 4 is 23.8 Å². The fraction of sp³-hybridized carbons (Fsp3) is 0.389. The van der Waals surface area contributed by atoms with E-state index in [-0.39, 0.29) is 18.4 Å². The fourth-order valence-corrected chi connectivity index (χ4v) is 2.56. The number of hydrogen-bond donors (Lipinski definition) is 1. The van der Waals surface area contributed by atoms with Crippen molar-refractivity contribution in [2.24, 2.45) is 0 Å². The Kier molecular flexibility index (Phi) is 6.59. The van der Waals surface area contributed by atoms with Crippen LogP contribution in [0.3, 0.4) is 0 Å². The van der Waals surface area contributed by atoms with Crippen LogP contribution in [0.1, 0.15) is 18.1 Å². The van der Waals surface area contributed by atoms with Gasteiger partial charge in [-0.2, -0.15) is 13.2 Å². The largest absolute Gasteiger partial charge is 0.416 e. The number of alkyl halides is 3. The van der Waals surface area contributed by atoms with Gasteiger partial charge in [0.25, 0.3) is 0 Å². The third-order valence-electron chi connectivity index (χ3n) is 4.16. The van der Waals surface area contributed by atoms with E-state index < -0.39 is 17.6 Å². The predicted molar refractivity (Wildman–Crippen MR) is 92.3 cm³/mol. The first-order valence-corrected chi connectivity index (χ1v) is 8.33. The van der Waals surface area contributed by atoms with Crippen molar-refractivity contribution in [1.29, 1.82) is 0 Å². The SMILES string of the molecule is CC(=O)N1CCN(C(=O)CNC(=O)/C=C/c2ccc(C(F)(F)F)cc2)CC1. The van der Waals surface area contributed by atoms with Gasteiger partial charge in [0.15, 0.2) is 0 Å². The number of piperazine rings is 1. The molecule has 1 N–H and O–H groups in total. The minimum atomic E-state index is -4.41. The molecule has 3 amide bonds. The second-order valence-electron chi connectivity index (χ2n) is 6.06. The molecule has 9 heteroatoms. The zero-order chi connectivity index (χ0) is 20.0. The van der Waals surface area contributed by atoms with Crippen LogP contribution in [0.4, 0.5) is 13.2 Å². The molecule has 0 bridgehead atoms. The van der Waals surface area contributed by atoms with E-state index in [1.54, 1.807) is 9.80 Å². The number of benzene rings is 1. The molecule has 0 saturated carbocycles. The van der Waals surface area contributed by atoms with Gasteiger partial charge in [0.1, 0.15) is 0 Å². The Bertz CT molecular complexity index is 722. The molecule has 1 heterocycles. The molecule has 1 aromatic carbocycles. The Morgan fingerprint density at radius 2 is 1.59 bits per heavy atom. The van der Waals surface area contributed by atoms with E-state index in [1.165, 1.54) is 25.1 Å². The van der Waals surface area contributed by atoms with E-state index in [0.29, 0.717) is 31.7 Å². The lowest BCUT2D eigenvalue weighted by Gasteiger charge is -2.34. The number of hydrogen-bond acceptors (Lipinski definition) is 3. The van der Waals surface area contributed by atoms with E-state index in [9.17, 15) is 27.6 Å². The molecule has 0 unspecified atom stereocenters. The minimum absolute atomic E-state index is 0.0381. The second-order valence-corrected chi connectivity index (χ2v) is 6.06. The summed E-state index contributed by atoms with van der Waals surface area (Å²) in [6, 6.07) is 4.38. The van der Waals surface area contributed by atoms with Gasteiger partial charge < -0.3 is 15.1 Å². The molecular weight excluding hydrogens is 363 g/mol. The van der Waals surface area contributed by atoms with Crippen molar-refractivity contribution in [3.63, 3.8) is 0 Å². The highest BCUT2D eigenvalue weighted by atomic mass is 19.4. The number of nitrogens with one attached hydrogen (secondary N) is 1. The van der Waals surface area contributed by atoms with E-state index >= 15 is 0 Å². The van der Waals surface area contributed by atoms with Gasteiger partial charge in [-0.3, -0.25) is 14.4 Å². The number of amides is 3. The summed E-state index contributed by atoms with van der Waals surface area (Å²) < 4.78 is 37.5. The summed E-state index contributed by atoms with van der Waals surface area (Å²) in [5.74, 6) is -0.816. The molecule has 1 fully saturated rings. The number of carbonyl (C=O) groups excluding carboxylic acids is 3. The van der Waals surface area contributed by atoms with Crippen LogP contribution >= 0.6 is 0 Å². The Morgan fingerprint density at radius 1 is 1.04 bits per heavy atom. The smallest absolute Gasteiger partial charge is 0.343 e. The van der Waals surface area contributed by atoms with Crippen molar-refractivity contribution < 1.29 is 27.6 Å². The molecule has 1 aliphatic heterocycles. The first-order valence-electron chi connectivity index (χ1n) is 8.33. The molecular formula is C18H20F3N3O3. The van der Waals surface area contributed by atoms with Crippen LogP contribution in [0.15, 0.2) is 30.3 Å². The van der Waals surface area contributed by atoms with Gasteiger partial charge in [0.05, 0.1) is 12.1 Å². The average molecular weight is 383 g/mol. The van der Waals surface area contributed by atoms with E-state index in [4.69, 9.17) is 0 Å². The monoisotopic (exact) mass is 383 g/mol. The predicted octanol–water partition coefficient (Wildman–Crippen LogP) is 1.53. The Labute approximate surface area is 154 Å². The van der Waals surface area contributed by atoms with Crippen LogP contribution in [0.2, 0.25) is 0 Å². The van der Waals surface area contributed by atoms with Gasteiger partial charge in [-0.1, -0.05) is 12.1 Å². The first-order chi connectivity index (χ1) is 12.7. The van der Waals surface area contributed by atoms with Crippen molar-refractivity contribution in [3.8, 4) is 0 Å². The second kappa shape index (κ2) is 8.70. The fourth-order valence-electron chi connectivity index (χ4n) is 2.56. The summed E-state index contributed by atoms with van der Waals surface area (Å²) in [5.41, 5.74) is -0.329. The maximum absolute atomic E-state index is 12.5. The third-order valence-corrected chi connectivity index (χ3v) is 4.16. The van der Waals surface area contributed by atoms with Crippen LogP contribution in [0.5, 0.6) is 0 Å². The molecule has 146 valence electrons. The van der Waals surface area contributed by atoms with Gasteiger partial charge in [-0.05, 0) is 23.8 Å². The Morgan fingerprint density at radius 3 is 2.11 bits per heavy atom. The lowest BCUT2D eigenvalue weighted by Crippen LogP contribution is -2.52. The topological polar surface area (TPSA) is 69.7 Å². The van der Waals surface area contributed by atoms with Crippen LogP contribution in [-0.4, -0.2) is 60.2 Å². The van der Waals surface area contributed by atoms with Crippen LogP contribution in [0.25, 0.3) is 6.08 Å². The highest BCUT2D eigenvalue weighted by molar-refractivity contribution is 5.94. The van der Waals surface area contributed by atoms with E-state index in [1.807, 2.05) is 0 Å². The Hall–Kier alpha value is -2.84. The maximum atomic E-state index is 12.5. The minimum Gasteiger partial charge on any atom is -0.343 e. The van der Waals surface area contributed by atoms with E-state index in [2.05, 4.69) is 5.32 Å². The number of halogens is 3. The summed E-state index contributed by atoms with van der Waals surface area (Å²) in [4.78, 5) is 38.3. The molecule has 0 spiro atoms. The summed E-state index contributed by atoms with van der Waals surface area (Å²) in [6.07, 6.45) is -1.88. The zero-order valence-corrected chi connectivity index (χ0v) is 14.8. The normalized spacial score (nSPS) is 15.1. The van der Waals surface area contributed by atoms with Gasteiger partial charge in [-0.15, -0.1) is 0 Å². The summed E-state index contributed by atoms with van der Waals surface area (Å²) in [6.45, 7) is 3.04. The highest BCUT2D eigenvalue weighted by Gasteiger charge is 2.29. The summed E-state index contributed by atoms with van der Waals surface area (Å²) in [5, 5.41) is 2.44. The lowest BCUT2D eigenvalue weighted by molar-refractivity contribution is -0.138. The van der Waals surface area contributed by atoms with Gasteiger partial charge in [0, 0.05) is 39.2 Å². The van der Waals surface area contributed by atoms with Crippen LogP contribution < -0.4 is 5.32 Å². The van der Waals surface area contributed by atoms with Gasteiger partial charge >= 0.3 is 6.18 Å². The molecule has 2 rings (SSSR count). The standard InChI is InChI=1S/C18H20F3N3O3/c1-13(25)23-8-10-24(11-9-23)17(27)12-22-16(26)7-4-14-2-5-15(6-3-14)18(19,20)21/h2-7H,8-12H2,1H3,(H,22,26)/b7-4+. The molecule has 6 nitrogen and oxygen atoms in total. The molecule has 1 saturated heterocycles. The molecule has 0 atom stereocenters. The lowest BCUT2D eigenvalue weighted by atomic mass is 10.1. The molecule has 1 aliphatic rings. The first kappa shape index (κ1) is 20.5. The maximum Gasteiger partial charge on any atom is 0.416 e. The highest BCUT2D eigenvalue weighted by Crippen LogP contribution is 2.29. The number of carbonyl (C=O) groups is 3. The average Bonchev–Trinajstić information content (AvgIpc) is 2.64. The van der Waals surface area contributed by atoms with Crippen molar-refractivity contribution in [1.82, 2.24) is 15.1 Å². The quantitative estimate of drug-likeness (QED) is 0.802. The molecule has 0 radical (unpaired) electrons. The zero-order valence-electron chi connectivity index (χ0n) is 14.8. The summed E-state index contributed by atoms with van der Waals surface area (Å²) >= 11 is 0. The molecule has 0 aromatic heterocycles. The number of nitrogens with zero attached hydrogens (tertiary/aromatic N) is 2. The van der Waals surface area contributed by atoms with Gasteiger partial charge in [0.2, 0.25) is 17.7 Å². The third kappa shape index (κ3) is 6.12. The molecule has 1 aromatic rings. The molecule has 0 aliphatic carbocycles. The number of rotatable bonds is 4. The summed E-state index contributed by atoms with van der Waals surface area (Å²) in [7, 11) is 0. The van der Waals surface area contributed by atoms with Gasteiger partial charge in [-0.25, -0.2) is 0 Å². The van der Waals surface area contributed by atoms with Crippen molar-refractivity contribution in [3.05, 3.63) is 41.5 Å². The van der Waals surface area contributed by atoms with E-state index in [0.717, 1.165) is 18.2 Å². The Balaban J connectivity index is 1.78.